The minimum Gasteiger partial charge on any atom is -0.481 e. The summed E-state index contributed by atoms with van der Waals surface area (Å²) < 4.78 is 0. The molecule has 1 unspecified atom stereocenters. The zero-order valence-electron chi connectivity index (χ0n) is 7.62. The quantitative estimate of drug-likeness (QED) is 0.637. The number of likely N-dealkylation sites (N-methyl/N-ethyl adjacent to an activating group) is 1. The number of nitrogens with zero attached hydrogens (tertiary/aromatic N) is 1. The lowest BCUT2D eigenvalue weighted by atomic mass is 10.4. The molecule has 0 radical (unpaired) electrons. The van der Waals surface area contributed by atoms with Gasteiger partial charge in [0.1, 0.15) is 0 Å². The molecule has 1 atom stereocenters. The Kier molecular flexibility index (Phi) is 10.4. The van der Waals surface area contributed by atoms with E-state index in [2.05, 4.69) is 0 Å². The summed E-state index contributed by atoms with van der Waals surface area (Å²) in [4.78, 5) is 10.9. The average Bonchev–Trinajstić information content (AvgIpc) is 1.84. The SMILES string of the molecule is CC(=O)O.CN(C)CC(O)CCl. The Balaban J connectivity index is 0. The highest BCUT2D eigenvalue weighted by molar-refractivity contribution is 6.18. The van der Waals surface area contributed by atoms with Crippen LogP contribution in [0.15, 0.2) is 0 Å². The van der Waals surface area contributed by atoms with Crippen LogP contribution in [0.3, 0.4) is 0 Å². The van der Waals surface area contributed by atoms with Crippen molar-refractivity contribution in [2.45, 2.75) is 13.0 Å². The molecule has 0 aromatic heterocycles. The molecule has 0 aliphatic heterocycles. The van der Waals surface area contributed by atoms with Crippen LogP contribution in [-0.2, 0) is 4.79 Å². The van der Waals surface area contributed by atoms with Crippen LogP contribution in [0.1, 0.15) is 6.92 Å². The summed E-state index contributed by atoms with van der Waals surface area (Å²) in [6, 6.07) is 0. The Bertz CT molecular complexity index is 115. The lowest BCUT2D eigenvalue weighted by Crippen LogP contribution is -2.26. The van der Waals surface area contributed by atoms with Gasteiger partial charge in [0.15, 0.2) is 0 Å². The molecule has 0 saturated heterocycles. The van der Waals surface area contributed by atoms with Gasteiger partial charge in [-0.2, -0.15) is 0 Å². The van der Waals surface area contributed by atoms with E-state index >= 15 is 0 Å². The lowest BCUT2D eigenvalue weighted by Gasteiger charge is -2.12. The second kappa shape index (κ2) is 8.77. The van der Waals surface area contributed by atoms with Gasteiger partial charge in [-0.05, 0) is 14.1 Å². The van der Waals surface area contributed by atoms with E-state index in [9.17, 15) is 0 Å². The first-order chi connectivity index (χ1) is 5.40. The fourth-order valence-corrected chi connectivity index (χ4v) is 0.568. The van der Waals surface area contributed by atoms with Crippen LogP contribution >= 0.6 is 11.6 Å². The van der Waals surface area contributed by atoms with Crippen LogP contribution in [0.4, 0.5) is 0 Å². The largest absolute Gasteiger partial charge is 0.481 e. The Morgan fingerprint density at radius 2 is 1.92 bits per heavy atom. The number of halogens is 1. The number of aliphatic hydroxyl groups is 1. The van der Waals surface area contributed by atoms with E-state index in [-0.39, 0.29) is 6.10 Å². The number of aliphatic hydroxyl groups excluding tert-OH is 1. The predicted molar refractivity (Wildman–Crippen MR) is 48.6 cm³/mol. The van der Waals surface area contributed by atoms with E-state index < -0.39 is 5.97 Å². The Morgan fingerprint density at radius 3 is 2.00 bits per heavy atom. The molecule has 0 heterocycles. The third-order valence-corrected chi connectivity index (χ3v) is 1.11. The fraction of sp³-hybridized carbons (Fsp3) is 0.857. The van der Waals surface area contributed by atoms with Crippen molar-refractivity contribution in [3.8, 4) is 0 Å². The summed E-state index contributed by atoms with van der Waals surface area (Å²) in [5, 5.41) is 16.3. The van der Waals surface area contributed by atoms with Gasteiger partial charge in [-0.1, -0.05) is 0 Å². The van der Waals surface area contributed by atoms with Gasteiger partial charge in [-0.25, -0.2) is 0 Å². The first-order valence-electron chi connectivity index (χ1n) is 3.48. The Morgan fingerprint density at radius 1 is 1.58 bits per heavy atom. The smallest absolute Gasteiger partial charge is 0.300 e. The molecule has 5 heteroatoms. The number of carboxylic acids is 1. The van der Waals surface area contributed by atoms with Crippen LogP contribution in [0.5, 0.6) is 0 Å². The molecule has 74 valence electrons. The van der Waals surface area contributed by atoms with E-state index in [1.54, 1.807) is 0 Å². The maximum absolute atomic E-state index is 9.00. The third kappa shape index (κ3) is 22.6. The second-order valence-corrected chi connectivity index (χ2v) is 2.90. The first-order valence-corrected chi connectivity index (χ1v) is 4.01. The number of carbonyl (C=O) groups is 1. The van der Waals surface area contributed by atoms with Gasteiger partial charge in [-0.15, -0.1) is 11.6 Å². The first kappa shape index (κ1) is 14.2. The zero-order valence-corrected chi connectivity index (χ0v) is 8.38. The molecule has 0 rings (SSSR count). The monoisotopic (exact) mass is 197 g/mol. The van der Waals surface area contributed by atoms with Crippen molar-refractivity contribution < 1.29 is 15.0 Å². The highest BCUT2D eigenvalue weighted by atomic mass is 35.5. The van der Waals surface area contributed by atoms with E-state index in [1.165, 1.54) is 0 Å². The molecule has 2 N–H and O–H groups in total. The summed E-state index contributed by atoms with van der Waals surface area (Å²) in [5.41, 5.74) is 0. The molecule has 0 bridgehead atoms. The Labute approximate surface area is 77.7 Å². The van der Waals surface area contributed by atoms with Crippen molar-refractivity contribution >= 4 is 17.6 Å². The topological polar surface area (TPSA) is 60.8 Å². The summed E-state index contributed by atoms with van der Waals surface area (Å²) in [5.74, 6) is -0.516. The molecule has 0 saturated carbocycles. The summed E-state index contributed by atoms with van der Waals surface area (Å²) in [6.45, 7) is 1.73. The van der Waals surface area contributed by atoms with Crippen molar-refractivity contribution in [3.63, 3.8) is 0 Å². The molecule has 0 aromatic carbocycles. The van der Waals surface area contributed by atoms with Crippen LogP contribution in [0.2, 0.25) is 0 Å². The Hall–Kier alpha value is -0.320. The summed E-state index contributed by atoms with van der Waals surface area (Å²) in [6.07, 6.45) is -0.383. The number of alkyl halides is 1. The minimum absolute atomic E-state index is 0.318. The third-order valence-electron chi connectivity index (χ3n) is 0.754. The van der Waals surface area contributed by atoms with E-state index in [0.717, 1.165) is 6.92 Å². The summed E-state index contributed by atoms with van der Waals surface area (Å²) in [7, 11) is 3.80. The number of rotatable bonds is 3. The molecular weight excluding hydrogens is 182 g/mol. The lowest BCUT2D eigenvalue weighted by molar-refractivity contribution is -0.134. The number of hydrogen-bond acceptors (Lipinski definition) is 3. The molecule has 0 aromatic rings. The molecule has 0 aliphatic carbocycles. The van der Waals surface area contributed by atoms with Crippen LogP contribution in [-0.4, -0.2) is 53.7 Å². The van der Waals surface area contributed by atoms with Gasteiger partial charge in [0.05, 0.1) is 6.10 Å². The fourth-order valence-electron chi connectivity index (χ4n) is 0.470. The van der Waals surface area contributed by atoms with Crippen molar-refractivity contribution in [2.24, 2.45) is 0 Å². The average molecular weight is 198 g/mol. The van der Waals surface area contributed by atoms with Gasteiger partial charge in [0, 0.05) is 19.3 Å². The van der Waals surface area contributed by atoms with Gasteiger partial charge < -0.3 is 15.1 Å². The van der Waals surface area contributed by atoms with Gasteiger partial charge >= 0.3 is 0 Å². The van der Waals surface area contributed by atoms with Crippen LogP contribution in [0, 0.1) is 0 Å². The minimum atomic E-state index is -0.833. The molecule has 0 aliphatic rings. The molecular formula is C7H16ClNO3. The van der Waals surface area contributed by atoms with E-state index in [4.69, 9.17) is 26.6 Å². The number of hydrogen-bond donors (Lipinski definition) is 2. The maximum atomic E-state index is 9.00. The molecule has 4 nitrogen and oxygen atoms in total. The number of carboxylic acid groups (broad SMARTS) is 1. The zero-order chi connectivity index (χ0) is 10.1. The highest BCUT2D eigenvalue weighted by Crippen LogP contribution is 1.87. The second-order valence-electron chi connectivity index (χ2n) is 2.59. The van der Waals surface area contributed by atoms with Gasteiger partial charge in [-0.3, -0.25) is 4.79 Å². The van der Waals surface area contributed by atoms with E-state index in [0.29, 0.717) is 12.4 Å². The van der Waals surface area contributed by atoms with Crippen molar-refractivity contribution in [1.82, 2.24) is 4.90 Å². The molecule has 12 heavy (non-hydrogen) atoms. The molecule has 0 fully saturated rings. The van der Waals surface area contributed by atoms with Gasteiger partial charge in [0.25, 0.3) is 5.97 Å². The molecule has 0 amide bonds. The number of aliphatic carboxylic acids is 1. The predicted octanol–water partition coefficient (Wildman–Crippen LogP) is 0.239. The van der Waals surface area contributed by atoms with E-state index in [1.807, 2.05) is 19.0 Å². The molecule has 0 spiro atoms. The van der Waals surface area contributed by atoms with Gasteiger partial charge in [0.2, 0.25) is 0 Å². The van der Waals surface area contributed by atoms with Crippen LogP contribution < -0.4 is 0 Å². The summed E-state index contributed by atoms with van der Waals surface area (Å²) >= 11 is 5.32. The van der Waals surface area contributed by atoms with Crippen LogP contribution in [0.25, 0.3) is 0 Å². The maximum Gasteiger partial charge on any atom is 0.300 e. The van der Waals surface area contributed by atoms with Crippen molar-refractivity contribution in [1.29, 1.82) is 0 Å². The normalized spacial score (nSPS) is 11.8. The van der Waals surface area contributed by atoms with Crippen molar-refractivity contribution in [2.75, 3.05) is 26.5 Å². The standard InChI is InChI=1S/C5H12ClNO.C2H4O2/c1-7(2)4-5(8)3-6;1-2(3)4/h5,8H,3-4H2,1-2H3;1H3,(H,3,4). The van der Waals surface area contributed by atoms with Crippen molar-refractivity contribution in [3.05, 3.63) is 0 Å². The highest BCUT2D eigenvalue weighted by Gasteiger charge is 2.00.